The molecule has 0 aliphatic heterocycles. The van der Waals surface area contributed by atoms with Crippen molar-refractivity contribution in [3.63, 3.8) is 0 Å². The predicted molar refractivity (Wildman–Crippen MR) is 89.6 cm³/mol. The molecule has 3 rings (SSSR count). The number of aryl methyl sites for hydroxylation is 1. The minimum absolute atomic E-state index is 0.0361. The lowest BCUT2D eigenvalue weighted by Gasteiger charge is -2.24. The van der Waals surface area contributed by atoms with Crippen LogP contribution in [0.5, 0.6) is 0 Å². The van der Waals surface area contributed by atoms with Crippen molar-refractivity contribution in [2.24, 2.45) is 0 Å². The van der Waals surface area contributed by atoms with Gasteiger partial charge in [-0.25, -0.2) is 4.79 Å². The van der Waals surface area contributed by atoms with Gasteiger partial charge in [0.05, 0.1) is 6.61 Å². The van der Waals surface area contributed by atoms with Crippen molar-refractivity contribution in [3.8, 4) is 0 Å². The second-order valence-corrected chi connectivity index (χ2v) is 6.07. The summed E-state index contributed by atoms with van der Waals surface area (Å²) in [6, 6.07) is 9.42. The highest BCUT2D eigenvalue weighted by Crippen LogP contribution is 2.31. The first-order chi connectivity index (χ1) is 11.5. The van der Waals surface area contributed by atoms with E-state index < -0.39 is 11.5 Å². The number of ether oxygens (including phenoxy) is 1. The lowest BCUT2D eigenvalue weighted by atomic mass is 9.81. The molecule has 0 saturated carbocycles. The molecule has 5 nitrogen and oxygen atoms in total. The third-order valence-electron chi connectivity index (χ3n) is 4.31. The van der Waals surface area contributed by atoms with Crippen LogP contribution in [0.25, 0.3) is 0 Å². The van der Waals surface area contributed by atoms with Gasteiger partial charge in [-0.1, -0.05) is 29.8 Å². The van der Waals surface area contributed by atoms with Gasteiger partial charge in [-0.15, -0.1) is 0 Å². The maximum Gasteiger partial charge on any atom is 0.343 e. The van der Waals surface area contributed by atoms with Crippen LogP contribution < -0.4 is 5.56 Å². The molecule has 24 heavy (non-hydrogen) atoms. The third-order valence-corrected chi connectivity index (χ3v) is 4.31. The molecule has 1 N–H and O–H groups in total. The normalized spacial score (nSPS) is 16.6. The molecule has 0 bridgehead atoms. The van der Waals surface area contributed by atoms with E-state index in [1.165, 1.54) is 6.07 Å². The van der Waals surface area contributed by atoms with E-state index in [1.54, 1.807) is 6.92 Å². The van der Waals surface area contributed by atoms with Gasteiger partial charge in [-0.05, 0) is 37.8 Å². The number of hydrogen-bond donors (Lipinski definition) is 1. The molecule has 5 heteroatoms. The second kappa shape index (κ2) is 6.43. The van der Waals surface area contributed by atoms with E-state index in [-0.39, 0.29) is 23.9 Å². The minimum atomic E-state index is -0.699. The standard InChI is InChI=1S/C19H19NO4/c1-3-24-19(23)15-10-14-16(20-18(15)22)8-13(9-17(14)21)12-6-4-5-11(2)7-12/h4-7,10,13H,3,8-9H2,1-2H3,(H,20,22)/t13-/m0/s1. The van der Waals surface area contributed by atoms with Crippen LogP contribution in [-0.2, 0) is 11.2 Å². The van der Waals surface area contributed by atoms with Crippen molar-refractivity contribution < 1.29 is 14.3 Å². The number of carbonyl (C=O) groups is 2. The molecule has 124 valence electrons. The highest BCUT2D eigenvalue weighted by atomic mass is 16.5. The molecule has 1 heterocycles. The van der Waals surface area contributed by atoms with Crippen molar-refractivity contribution in [2.45, 2.75) is 32.6 Å². The Labute approximate surface area is 139 Å². The van der Waals surface area contributed by atoms with Gasteiger partial charge in [0.1, 0.15) is 5.56 Å². The molecule has 0 radical (unpaired) electrons. The van der Waals surface area contributed by atoms with Gasteiger partial charge in [-0.2, -0.15) is 0 Å². The van der Waals surface area contributed by atoms with Crippen LogP contribution in [0.2, 0.25) is 0 Å². The summed E-state index contributed by atoms with van der Waals surface area (Å²) >= 11 is 0. The number of hydrogen-bond acceptors (Lipinski definition) is 4. The topological polar surface area (TPSA) is 76.2 Å². The lowest BCUT2D eigenvalue weighted by Crippen LogP contribution is -2.28. The van der Waals surface area contributed by atoms with Gasteiger partial charge in [0, 0.05) is 17.7 Å². The fourth-order valence-electron chi connectivity index (χ4n) is 3.15. The number of rotatable bonds is 3. The largest absolute Gasteiger partial charge is 0.462 e. The van der Waals surface area contributed by atoms with Gasteiger partial charge < -0.3 is 9.72 Å². The van der Waals surface area contributed by atoms with Crippen molar-refractivity contribution in [1.29, 1.82) is 0 Å². The average molecular weight is 325 g/mol. The fraction of sp³-hybridized carbons (Fsp3) is 0.316. The average Bonchev–Trinajstić information content (AvgIpc) is 2.54. The van der Waals surface area contributed by atoms with Gasteiger partial charge in [0.2, 0.25) is 0 Å². The first-order valence-electron chi connectivity index (χ1n) is 8.02. The predicted octanol–water partition coefficient (Wildman–Crippen LogP) is 2.77. The number of fused-ring (bicyclic) bond motifs is 1. The number of aromatic amines is 1. The fourth-order valence-corrected chi connectivity index (χ4v) is 3.15. The molecule has 0 saturated heterocycles. The third kappa shape index (κ3) is 3.02. The number of carbonyl (C=O) groups excluding carboxylic acids is 2. The van der Waals surface area contributed by atoms with Crippen molar-refractivity contribution >= 4 is 11.8 Å². The van der Waals surface area contributed by atoms with E-state index in [2.05, 4.69) is 11.1 Å². The van der Waals surface area contributed by atoms with Crippen molar-refractivity contribution in [2.75, 3.05) is 6.61 Å². The Morgan fingerprint density at radius 1 is 1.25 bits per heavy atom. The monoisotopic (exact) mass is 325 g/mol. The van der Waals surface area contributed by atoms with Crippen LogP contribution in [0.4, 0.5) is 0 Å². The van der Waals surface area contributed by atoms with E-state index in [9.17, 15) is 14.4 Å². The summed E-state index contributed by atoms with van der Waals surface area (Å²) in [5, 5.41) is 0. The van der Waals surface area contributed by atoms with Crippen LogP contribution in [0.1, 0.15) is 56.8 Å². The summed E-state index contributed by atoms with van der Waals surface area (Å²) in [4.78, 5) is 39.2. The van der Waals surface area contributed by atoms with Gasteiger partial charge in [0.15, 0.2) is 5.78 Å². The summed E-state index contributed by atoms with van der Waals surface area (Å²) in [7, 11) is 0. The molecule has 1 aromatic carbocycles. The maximum absolute atomic E-state index is 12.5. The summed E-state index contributed by atoms with van der Waals surface area (Å²) in [5.41, 5.74) is 2.61. The number of ketones is 1. The van der Waals surface area contributed by atoms with Gasteiger partial charge in [-0.3, -0.25) is 9.59 Å². The number of esters is 1. The summed E-state index contributed by atoms with van der Waals surface area (Å²) in [6.45, 7) is 3.86. The zero-order valence-corrected chi connectivity index (χ0v) is 13.7. The lowest BCUT2D eigenvalue weighted by molar-refractivity contribution is 0.0524. The molecule has 1 aliphatic rings. The zero-order valence-electron chi connectivity index (χ0n) is 13.7. The Morgan fingerprint density at radius 3 is 2.75 bits per heavy atom. The second-order valence-electron chi connectivity index (χ2n) is 6.07. The van der Waals surface area contributed by atoms with E-state index in [0.29, 0.717) is 24.1 Å². The van der Waals surface area contributed by atoms with Crippen LogP contribution in [-0.4, -0.2) is 23.3 Å². The molecule has 1 aliphatic carbocycles. The number of benzene rings is 1. The van der Waals surface area contributed by atoms with Crippen LogP contribution in [0, 0.1) is 6.92 Å². The van der Waals surface area contributed by atoms with Gasteiger partial charge in [0.25, 0.3) is 5.56 Å². The van der Waals surface area contributed by atoms with Crippen molar-refractivity contribution in [3.05, 3.63) is 68.6 Å². The Bertz CT molecular complexity index is 866. The Hall–Kier alpha value is -2.69. The van der Waals surface area contributed by atoms with E-state index >= 15 is 0 Å². The smallest absolute Gasteiger partial charge is 0.343 e. The van der Waals surface area contributed by atoms with E-state index in [1.807, 2.05) is 25.1 Å². The molecule has 0 spiro atoms. The molecular formula is C19H19NO4. The molecule has 0 fully saturated rings. The molecule has 2 aromatic rings. The first kappa shape index (κ1) is 16.2. The highest BCUT2D eigenvalue weighted by molar-refractivity contribution is 6.01. The number of nitrogens with one attached hydrogen (secondary N) is 1. The Balaban J connectivity index is 1.97. The van der Waals surface area contributed by atoms with Crippen LogP contribution in [0.3, 0.4) is 0 Å². The van der Waals surface area contributed by atoms with Crippen LogP contribution >= 0.6 is 0 Å². The highest BCUT2D eigenvalue weighted by Gasteiger charge is 2.29. The maximum atomic E-state index is 12.5. The zero-order chi connectivity index (χ0) is 17.3. The Morgan fingerprint density at radius 2 is 2.04 bits per heavy atom. The van der Waals surface area contributed by atoms with Crippen LogP contribution in [0.15, 0.2) is 35.1 Å². The summed E-state index contributed by atoms with van der Waals surface area (Å²) < 4.78 is 4.87. The molecule has 0 unspecified atom stereocenters. The minimum Gasteiger partial charge on any atom is -0.462 e. The number of pyridine rings is 1. The summed E-state index contributed by atoms with van der Waals surface area (Å²) in [5.74, 6) is -0.728. The molecule has 0 amide bonds. The first-order valence-corrected chi connectivity index (χ1v) is 8.02. The number of Topliss-reactive ketones (excluding diaryl/α,β-unsaturated/α-hetero) is 1. The number of H-pyrrole nitrogens is 1. The molecule has 1 atom stereocenters. The molecule has 1 aromatic heterocycles. The SMILES string of the molecule is CCOC(=O)c1cc2c([nH]c1=O)C[C@H](c1cccc(C)c1)CC2=O. The van der Waals surface area contributed by atoms with Gasteiger partial charge >= 0.3 is 5.97 Å². The summed E-state index contributed by atoms with van der Waals surface area (Å²) in [6.07, 6.45) is 0.938. The molecular weight excluding hydrogens is 306 g/mol. The quantitative estimate of drug-likeness (QED) is 0.880. The Kier molecular flexibility index (Phi) is 4.34. The van der Waals surface area contributed by atoms with E-state index in [0.717, 1.165) is 11.1 Å². The van der Waals surface area contributed by atoms with Crippen molar-refractivity contribution in [1.82, 2.24) is 4.98 Å². The van der Waals surface area contributed by atoms with E-state index in [4.69, 9.17) is 4.74 Å². The number of aromatic nitrogens is 1.